The molecule has 2 aliphatic heterocycles. The minimum atomic E-state index is -0.458. The van der Waals surface area contributed by atoms with Crippen molar-refractivity contribution in [2.45, 2.75) is 0 Å². The number of ether oxygens (including phenoxy) is 1. The molecule has 0 aromatic carbocycles. The summed E-state index contributed by atoms with van der Waals surface area (Å²) in [6.45, 7) is 2.56. The summed E-state index contributed by atoms with van der Waals surface area (Å²) in [4.78, 5) is 24.9. The van der Waals surface area contributed by atoms with Crippen molar-refractivity contribution in [3.8, 4) is 0 Å². The maximum absolute atomic E-state index is 11.5. The van der Waals surface area contributed by atoms with Crippen molar-refractivity contribution in [1.29, 1.82) is 0 Å². The first-order valence-electron chi connectivity index (χ1n) is 4.87. The Morgan fingerprint density at radius 3 is 2.31 bits per heavy atom. The van der Waals surface area contributed by atoms with E-state index >= 15 is 0 Å². The molecule has 0 radical (unpaired) electrons. The molecule has 2 fully saturated rings. The molecule has 2 amide bonds. The van der Waals surface area contributed by atoms with Gasteiger partial charge in [0.1, 0.15) is 5.57 Å². The van der Waals surface area contributed by atoms with E-state index in [0.717, 1.165) is 0 Å². The fourth-order valence-electron chi connectivity index (χ4n) is 1.48. The summed E-state index contributed by atoms with van der Waals surface area (Å²) < 4.78 is 5.17. The standard InChI is InChI=1S/C9H11N3O3S/c13-7-6(8(14)11-9(16)10-7)5-12-1-3-15-4-2-12/h5H,1-4H2,(H2,10,11,13,14,16). The third-order valence-corrected chi connectivity index (χ3v) is 2.50. The van der Waals surface area contributed by atoms with Crippen LogP contribution in [0.1, 0.15) is 0 Å². The van der Waals surface area contributed by atoms with Crippen LogP contribution >= 0.6 is 12.2 Å². The smallest absolute Gasteiger partial charge is 0.264 e. The van der Waals surface area contributed by atoms with Crippen molar-refractivity contribution in [2.24, 2.45) is 0 Å². The van der Waals surface area contributed by atoms with Crippen LogP contribution in [0.3, 0.4) is 0 Å². The van der Waals surface area contributed by atoms with Crippen LogP contribution in [0.15, 0.2) is 11.8 Å². The van der Waals surface area contributed by atoms with E-state index in [1.165, 1.54) is 0 Å². The second kappa shape index (κ2) is 4.58. The van der Waals surface area contributed by atoms with Gasteiger partial charge in [0.05, 0.1) is 13.2 Å². The van der Waals surface area contributed by atoms with Gasteiger partial charge in [0.2, 0.25) is 0 Å². The number of nitrogens with one attached hydrogen (secondary N) is 2. The van der Waals surface area contributed by atoms with Gasteiger partial charge in [0, 0.05) is 19.3 Å². The predicted octanol–water partition coefficient (Wildman–Crippen LogP) is -1.27. The molecule has 0 spiro atoms. The Labute approximate surface area is 97.6 Å². The Bertz CT molecular complexity index is 352. The number of thiocarbonyl (C=S) groups is 1. The molecular weight excluding hydrogens is 230 g/mol. The van der Waals surface area contributed by atoms with Gasteiger partial charge in [-0.1, -0.05) is 0 Å². The Balaban J connectivity index is 2.11. The first-order valence-corrected chi connectivity index (χ1v) is 5.28. The Morgan fingerprint density at radius 2 is 1.75 bits per heavy atom. The fourth-order valence-corrected chi connectivity index (χ4v) is 1.67. The predicted molar refractivity (Wildman–Crippen MR) is 59.4 cm³/mol. The van der Waals surface area contributed by atoms with E-state index < -0.39 is 11.8 Å². The number of carbonyl (C=O) groups excluding carboxylic acids is 2. The van der Waals surface area contributed by atoms with E-state index in [1.54, 1.807) is 6.20 Å². The van der Waals surface area contributed by atoms with E-state index in [4.69, 9.17) is 17.0 Å². The molecule has 0 aromatic rings. The van der Waals surface area contributed by atoms with Crippen molar-refractivity contribution in [3.05, 3.63) is 11.8 Å². The van der Waals surface area contributed by atoms with Gasteiger partial charge in [0.15, 0.2) is 5.11 Å². The van der Waals surface area contributed by atoms with Crippen LogP contribution in [0.25, 0.3) is 0 Å². The van der Waals surface area contributed by atoms with Gasteiger partial charge in [-0.2, -0.15) is 0 Å². The lowest BCUT2D eigenvalue weighted by atomic mass is 10.2. The quantitative estimate of drug-likeness (QED) is 0.340. The first kappa shape index (κ1) is 11.0. The van der Waals surface area contributed by atoms with Crippen molar-refractivity contribution in [2.75, 3.05) is 26.3 Å². The number of hydrogen-bond acceptors (Lipinski definition) is 5. The molecule has 2 N–H and O–H groups in total. The lowest BCUT2D eigenvalue weighted by Gasteiger charge is -2.27. The van der Waals surface area contributed by atoms with Crippen molar-refractivity contribution in [3.63, 3.8) is 0 Å². The summed E-state index contributed by atoms with van der Waals surface area (Å²) in [5.74, 6) is -0.916. The third kappa shape index (κ3) is 2.37. The molecule has 2 heterocycles. The Kier molecular flexibility index (Phi) is 3.16. The minimum absolute atomic E-state index is 0.0501. The normalized spacial score (nSPS) is 21.6. The lowest BCUT2D eigenvalue weighted by molar-refractivity contribution is -0.123. The van der Waals surface area contributed by atoms with Crippen LogP contribution in [0.4, 0.5) is 0 Å². The first-order chi connectivity index (χ1) is 7.66. The number of hydrogen-bond donors (Lipinski definition) is 2. The highest BCUT2D eigenvalue weighted by Crippen LogP contribution is 2.05. The van der Waals surface area contributed by atoms with Crippen LogP contribution < -0.4 is 10.6 Å². The SMILES string of the molecule is O=C1NC(=S)NC(=O)C1=CN1CCOCC1. The highest BCUT2D eigenvalue weighted by molar-refractivity contribution is 7.80. The van der Waals surface area contributed by atoms with Gasteiger partial charge >= 0.3 is 0 Å². The summed E-state index contributed by atoms with van der Waals surface area (Å²) in [5, 5.41) is 4.82. The summed E-state index contributed by atoms with van der Waals surface area (Å²) in [5.41, 5.74) is 0.0792. The van der Waals surface area contributed by atoms with Crippen LogP contribution in [0.2, 0.25) is 0 Å². The second-order valence-electron chi connectivity index (χ2n) is 3.43. The van der Waals surface area contributed by atoms with Crippen molar-refractivity contribution >= 4 is 29.1 Å². The minimum Gasteiger partial charge on any atom is -0.378 e. The zero-order valence-corrected chi connectivity index (χ0v) is 9.30. The Hall–Kier alpha value is -1.47. The Morgan fingerprint density at radius 1 is 1.19 bits per heavy atom. The average Bonchev–Trinajstić information content (AvgIpc) is 2.25. The number of nitrogens with zero attached hydrogens (tertiary/aromatic N) is 1. The fraction of sp³-hybridized carbons (Fsp3) is 0.444. The molecule has 0 bridgehead atoms. The van der Waals surface area contributed by atoms with E-state index in [2.05, 4.69) is 10.6 Å². The van der Waals surface area contributed by atoms with Crippen LogP contribution in [0.5, 0.6) is 0 Å². The zero-order valence-electron chi connectivity index (χ0n) is 8.49. The molecule has 0 saturated carbocycles. The molecule has 0 atom stereocenters. The molecule has 7 heteroatoms. The number of carbonyl (C=O) groups is 2. The number of morpholine rings is 1. The van der Waals surface area contributed by atoms with Gasteiger partial charge in [0.25, 0.3) is 11.8 Å². The van der Waals surface area contributed by atoms with E-state index in [1.807, 2.05) is 4.90 Å². The maximum Gasteiger partial charge on any atom is 0.264 e. The monoisotopic (exact) mass is 241 g/mol. The highest BCUT2D eigenvalue weighted by atomic mass is 32.1. The maximum atomic E-state index is 11.5. The largest absolute Gasteiger partial charge is 0.378 e. The van der Waals surface area contributed by atoms with Crippen LogP contribution in [0, 0.1) is 0 Å². The summed E-state index contributed by atoms with van der Waals surface area (Å²) in [6.07, 6.45) is 1.55. The summed E-state index contributed by atoms with van der Waals surface area (Å²) in [7, 11) is 0. The molecule has 0 unspecified atom stereocenters. The summed E-state index contributed by atoms with van der Waals surface area (Å²) in [6, 6.07) is 0. The van der Waals surface area contributed by atoms with Gasteiger partial charge in [-0.15, -0.1) is 0 Å². The van der Waals surface area contributed by atoms with Gasteiger partial charge < -0.3 is 9.64 Å². The average molecular weight is 241 g/mol. The van der Waals surface area contributed by atoms with E-state index in [0.29, 0.717) is 26.3 Å². The van der Waals surface area contributed by atoms with Gasteiger partial charge in [-0.3, -0.25) is 20.2 Å². The zero-order chi connectivity index (χ0) is 11.5. The van der Waals surface area contributed by atoms with Gasteiger partial charge in [-0.05, 0) is 12.2 Å². The molecule has 2 rings (SSSR count). The molecule has 0 aromatic heterocycles. The molecule has 0 aliphatic carbocycles. The molecule has 86 valence electrons. The topological polar surface area (TPSA) is 70.7 Å². The molecule has 16 heavy (non-hydrogen) atoms. The highest BCUT2D eigenvalue weighted by Gasteiger charge is 2.26. The van der Waals surface area contributed by atoms with Crippen molar-refractivity contribution in [1.82, 2.24) is 15.5 Å². The lowest BCUT2D eigenvalue weighted by Crippen LogP contribution is -2.52. The van der Waals surface area contributed by atoms with Crippen molar-refractivity contribution < 1.29 is 14.3 Å². The molecule has 2 aliphatic rings. The van der Waals surface area contributed by atoms with E-state index in [-0.39, 0.29) is 10.7 Å². The van der Waals surface area contributed by atoms with Gasteiger partial charge in [-0.25, -0.2) is 0 Å². The van der Waals surface area contributed by atoms with Crippen LogP contribution in [-0.2, 0) is 14.3 Å². The number of amides is 2. The molecule has 6 nitrogen and oxygen atoms in total. The second-order valence-corrected chi connectivity index (χ2v) is 3.84. The molecule has 2 saturated heterocycles. The summed E-state index contributed by atoms with van der Waals surface area (Å²) >= 11 is 4.69. The third-order valence-electron chi connectivity index (χ3n) is 2.30. The number of rotatable bonds is 1. The molecular formula is C9H11N3O3S. The van der Waals surface area contributed by atoms with Crippen LogP contribution in [-0.4, -0.2) is 48.1 Å². The van der Waals surface area contributed by atoms with E-state index in [9.17, 15) is 9.59 Å².